The molecule has 0 unspecified atom stereocenters. The molecule has 2 nitrogen and oxygen atoms in total. The molecule has 2 aromatic rings. The molecule has 1 aromatic carbocycles. The van der Waals surface area contributed by atoms with Gasteiger partial charge in [-0.3, -0.25) is 0 Å². The highest BCUT2D eigenvalue weighted by Crippen LogP contribution is 2.31. The summed E-state index contributed by atoms with van der Waals surface area (Å²) in [7, 11) is 0. The Morgan fingerprint density at radius 2 is 2.07 bits per heavy atom. The molecule has 1 heterocycles. The molecule has 2 N–H and O–H groups in total. The summed E-state index contributed by atoms with van der Waals surface area (Å²) in [5.74, 6) is 0.997. The third-order valence-electron chi connectivity index (χ3n) is 2.21. The van der Waals surface area contributed by atoms with E-state index in [1.165, 1.54) is 0 Å². The van der Waals surface area contributed by atoms with Gasteiger partial charge in [-0.05, 0) is 41.0 Å². The average Bonchev–Trinajstić information content (AvgIpc) is 2.54. The lowest BCUT2D eigenvalue weighted by atomic mass is 10.2. The van der Waals surface area contributed by atoms with Gasteiger partial charge in [0, 0.05) is 11.8 Å². The Morgan fingerprint density at radius 1 is 1.29 bits per heavy atom. The fraction of sp³-hybridized carbons (Fsp3) is 0.273. The Hall–Kier alpha value is -0.800. The van der Waals surface area contributed by atoms with Crippen molar-refractivity contribution >= 4 is 26.9 Å². The molecular formula is C11H12BrNO. The number of halogens is 1. The van der Waals surface area contributed by atoms with Gasteiger partial charge in [-0.15, -0.1) is 0 Å². The first-order valence-corrected chi connectivity index (χ1v) is 5.48. The Kier molecular flexibility index (Phi) is 2.89. The monoisotopic (exact) mass is 253 g/mol. The maximum atomic E-state index is 5.70. The smallest absolute Gasteiger partial charge is 0.135 e. The summed E-state index contributed by atoms with van der Waals surface area (Å²) in [4.78, 5) is 0. The van der Waals surface area contributed by atoms with Gasteiger partial charge in [0.15, 0.2) is 0 Å². The second-order valence-electron chi connectivity index (χ2n) is 3.23. The number of furan rings is 1. The van der Waals surface area contributed by atoms with Crippen molar-refractivity contribution < 1.29 is 4.42 Å². The predicted octanol–water partition coefficient (Wildman–Crippen LogP) is 3.09. The van der Waals surface area contributed by atoms with Gasteiger partial charge in [0.2, 0.25) is 0 Å². The Balaban J connectivity index is 2.41. The van der Waals surface area contributed by atoms with Crippen LogP contribution >= 0.6 is 15.9 Å². The molecule has 0 aliphatic heterocycles. The van der Waals surface area contributed by atoms with E-state index in [1.807, 2.05) is 18.2 Å². The molecule has 0 aliphatic rings. The average molecular weight is 254 g/mol. The fourth-order valence-electron chi connectivity index (χ4n) is 1.49. The van der Waals surface area contributed by atoms with Crippen LogP contribution in [0.2, 0.25) is 0 Å². The van der Waals surface area contributed by atoms with E-state index in [9.17, 15) is 0 Å². The minimum atomic E-state index is 0.698. The number of hydrogen-bond acceptors (Lipinski definition) is 2. The third kappa shape index (κ3) is 1.70. The lowest BCUT2D eigenvalue weighted by molar-refractivity contribution is 0.537. The van der Waals surface area contributed by atoms with Crippen molar-refractivity contribution in [2.45, 2.75) is 12.8 Å². The third-order valence-corrected chi connectivity index (χ3v) is 3.08. The van der Waals surface area contributed by atoms with Gasteiger partial charge in [-0.25, -0.2) is 0 Å². The molecule has 0 atom stereocenters. The molecule has 14 heavy (non-hydrogen) atoms. The van der Waals surface area contributed by atoms with Crippen LogP contribution in [-0.4, -0.2) is 6.54 Å². The molecular weight excluding hydrogens is 242 g/mol. The molecule has 0 amide bonds. The summed E-state index contributed by atoms with van der Waals surface area (Å²) in [6, 6.07) is 8.02. The Labute approximate surface area is 91.2 Å². The molecule has 74 valence electrons. The molecule has 0 radical (unpaired) electrons. The molecule has 1 aromatic heterocycles. The van der Waals surface area contributed by atoms with Gasteiger partial charge in [-0.2, -0.15) is 0 Å². The number of rotatable bonds is 3. The zero-order valence-electron chi connectivity index (χ0n) is 7.79. The van der Waals surface area contributed by atoms with Crippen LogP contribution < -0.4 is 5.73 Å². The highest BCUT2D eigenvalue weighted by atomic mass is 79.9. The number of hydrogen-bond donors (Lipinski definition) is 1. The molecule has 2 rings (SSSR count). The first-order chi connectivity index (χ1) is 6.83. The van der Waals surface area contributed by atoms with E-state index < -0.39 is 0 Å². The van der Waals surface area contributed by atoms with Gasteiger partial charge >= 0.3 is 0 Å². The van der Waals surface area contributed by atoms with Crippen LogP contribution in [0.15, 0.2) is 33.2 Å². The van der Waals surface area contributed by atoms with E-state index in [1.54, 1.807) is 0 Å². The minimum absolute atomic E-state index is 0.698. The summed E-state index contributed by atoms with van der Waals surface area (Å²) in [5, 5.41) is 1.14. The van der Waals surface area contributed by atoms with Crippen molar-refractivity contribution in [1.29, 1.82) is 0 Å². The Bertz CT molecular complexity index is 436. The van der Waals surface area contributed by atoms with Crippen LogP contribution in [0, 0.1) is 0 Å². The number of aryl methyl sites for hydroxylation is 1. The summed E-state index contributed by atoms with van der Waals surface area (Å²) < 4.78 is 6.77. The van der Waals surface area contributed by atoms with E-state index in [4.69, 9.17) is 10.2 Å². The van der Waals surface area contributed by atoms with Crippen molar-refractivity contribution in [3.63, 3.8) is 0 Å². The molecule has 0 saturated carbocycles. The van der Waals surface area contributed by atoms with Crippen LogP contribution in [0.4, 0.5) is 0 Å². The van der Waals surface area contributed by atoms with E-state index in [-0.39, 0.29) is 0 Å². The second-order valence-corrected chi connectivity index (χ2v) is 4.02. The van der Waals surface area contributed by atoms with Crippen molar-refractivity contribution in [3.8, 4) is 0 Å². The van der Waals surface area contributed by atoms with E-state index in [0.717, 1.165) is 34.0 Å². The van der Waals surface area contributed by atoms with Crippen LogP contribution in [-0.2, 0) is 6.42 Å². The molecule has 0 bridgehead atoms. The van der Waals surface area contributed by atoms with Gasteiger partial charge in [-0.1, -0.05) is 12.1 Å². The first kappa shape index (κ1) is 9.74. The standard InChI is InChI=1S/C11H12BrNO/c12-11-8-4-1-2-5-9(8)14-10(11)6-3-7-13/h1-2,4-5H,3,6-7,13H2. The number of para-hydroxylation sites is 1. The maximum absolute atomic E-state index is 5.70. The SMILES string of the molecule is NCCCc1oc2ccccc2c1Br. The van der Waals surface area contributed by atoms with Crippen molar-refractivity contribution in [2.24, 2.45) is 5.73 Å². The topological polar surface area (TPSA) is 39.2 Å². The molecule has 3 heteroatoms. The fourth-order valence-corrected chi connectivity index (χ4v) is 2.09. The zero-order chi connectivity index (χ0) is 9.97. The lowest BCUT2D eigenvalue weighted by Gasteiger charge is -1.93. The summed E-state index contributed by atoms with van der Waals surface area (Å²) in [5.41, 5.74) is 6.40. The lowest BCUT2D eigenvalue weighted by Crippen LogP contribution is -1.99. The van der Waals surface area contributed by atoms with Crippen LogP contribution in [0.3, 0.4) is 0 Å². The first-order valence-electron chi connectivity index (χ1n) is 4.69. The van der Waals surface area contributed by atoms with Crippen molar-refractivity contribution in [3.05, 3.63) is 34.5 Å². The van der Waals surface area contributed by atoms with Gasteiger partial charge < -0.3 is 10.2 Å². The van der Waals surface area contributed by atoms with Gasteiger partial charge in [0.05, 0.1) is 4.47 Å². The van der Waals surface area contributed by atoms with Crippen LogP contribution in [0.1, 0.15) is 12.2 Å². The summed E-state index contributed by atoms with van der Waals surface area (Å²) >= 11 is 3.55. The molecule has 0 fully saturated rings. The van der Waals surface area contributed by atoms with E-state index in [2.05, 4.69) is 22.0 Å². The largest absolute Gasteiger partial charge is 0.460 e. The summed E-state index contributed by atoms with van der Waals surface area (Å²) in [6.07, 6.45) is 1.85. The minimum Gasteiger partial charge on any atom is -0.460 e. The second kappa shape index (κ2) is 4.15. The normalized spacial score (nSPS) is 11.0. The van der Waals surface area contributed by atoms with Crippen molar-refractivity contribution in [1.82, 2.24) is 0 Å². The molecule has 0 saturated heterocycles. The number of fused-ring (bicyclic) bond motifs is 1. The van der Waals surface area contributed by atoms with Gasteiger partial charge in [0.1, 0.15) is 11.3 Å². The maximum Gasteiger partial charge on any atom is 0.135 e. The Morgan fingerprint density at radius 3 is 2.79 bits per heavy atom. The highest BCUT2D eigenvalue weighted by Gasteiger charge is 2.09. The van der Waals surface area contributed by atoms with E-state index >= 15 is 0 Å². The number of benzene rings is 1. The number of nitrogens with two attached hydrogens (primary N) is 1. The van der Waals surface area contributed by atoms with Crippen LogP contribution in [0.5, 0.6) is 0 Å². The summed E-state index contributed by atoms with van der Waals surface area (Å²) in [6.45, 7) is 0.698. The zero-order valence-corrected chi connectivity index (χ0v) is 9.38. The van der Waals surface area contributed by atoms with Crippen LogP contribution in [0.25, 0.3) is 11.0 Å². The van der Waals surface area contributed by atoms with E-state index in [0.29, 0.717) is 6.54 Å². The quantitative estimate of drug-likeness (QED) is 0.914. The highest BCUT2D eigenvalue weighted by molar-refractivity contribution is 9.10. The predicted molar refractivity (Wildman–Crippen MR) is 61.3 cm³/mol. The van der Waals surface area contributed by atoms with Crippen molar-refractivity contribution in [2.75, 3.05) is 6.54 Å². The molecule has 0 spiro atoms. The van der Waals surface area contributed by atoms with Gasteiger partial charge in [0.25, 0.3) is 0 Å². The molecule has 0 aliphatic carbocycles.